The first-order valence-electron chi connectivity index (χ1n) is 22.7. The molecule has 0 aromatic carbocycles. The highest BCUT2D eigenvalue weighted by Gasteiger charge is 2.19. The lowest BCUT2D eigenvalue weighted by Crippen LogP contribution is -2.30. The summed E-state index contributed by atoms with van der Waals surface area (Å²) in [7, 11) is 0. The van der Waals surface area contributed by atoms with Gasteiger partial charge in [-0.05, 0) is 37.0 Å². The number of unbranched alkanes of at least 4 members (excludes halogenated alkanes) is 19. The molecule has 0 aliphatic rings. The third kappa shape index (κ3) is 35.4. The van der Waals surface area contributed by atoms with Gasteiger partial charge in [-0.1, -0.05) is 202 Å². The molecule has 0 heterocycles. The van der Waals surface area contributed by atoms with Crippen molar-refractivity contribution in [1.29, 1.82) is 0 Å². The van der Waals surface area contributed by atoms with Gasteiger partial charge < -0.3 is 14.2 Å². The standard InChI is InChI=1S/C46H88O6/c1-7-40(4)32-26-20-14-10-12-16-23-29-35-44(47)50-38-43(39-51-45(48)36-30-24-19-18-22-28-34-42(6)9-3)52-46(49)37-31-25-17-13-11-15-21-27-33-41(5)8-2/h40-43H,7-39H2,1-6H3/t40?,41?,42?,43-/m1/s1. The fourth-order valence-corrected chi connectivity index (χ4v) is 6.60. The van der Waals surface area contributed by atoms with Gasteiger partial charge in [0.2, 0.25) is 0 Å². The van der Waals surface area contributed by atoms with Gasteiger partial charge in [0.05, 0.1) is 0 Å². The Morgan fingerprint density at radius 3 is 0.904 bits per heavy atom. The van der Waals surface area contributed by atoms with Crippen molar-refractivity contribution in [2.75, 3.05) is 13.2 Å². The Morgan fingerprint density at radius 2 is 0.615 bits per heavy atom. The van der Waals surface area contributed by atoms with Crippen LogP contribution in [0.1, 0.15) is 241 Å². The Balaban J connectivity index is 4.38. The first kappa shape index (κ1) is 50.4. The molecule has 0 saturated heterocycles. The van der Waals surface area contributed by atoms with E-state index in [0.29, 0.717) is 19.3 Å². The molecule has 52 heavy (non-hydrogen) atoms. The molecule has 0 bridgehead atoms. The molecule has 4 atom stereocenters. The minimum Gasteiger partial charge on any atom is -0.462 e. The van der Waals surface area contributed by atoms with Gasteiger partial charge in [0.1, 0.15) is 13.2 Å². The van der Waals surface area contributed by atoms with Crippen LogP contribution in [0.25, 0.3) is 0 Å². The molecule has 308 valence electrons. The summed E-state index contributed by atoms with van der Waals surface area (Å²) in [6.07, 6.45) is 33.6. The molecule has 0 radical (unpaired) electrons. The molecule has 6 heteroatoms. The molecule has 0 rings (SSSR count). The molecule has 0 amide bonds. The van der Waals surface area contributed by atoms with Crippen LogP contribution in [-0.4, -0.2) is 37.2 Å². The maximum Gasteiger partial charge on any atom is 0.306 e. The van der Waals surface area contributed by atoms with Crippen LogP contribution in [0.5, 0.6) is 0 Å². The topological polar surface area (TPSA) is 78.9 Å². The zero-order valence-electron chi connectivity index (χ0n) is 35.6. The van der Waals surface area contributed by atoms with E-state index in [2.05, 4.69) is 41.5 Å². The van der Waals surface area contributed by atoms with Gasteiger partial charge in [-0.2, -0.15) is 0 Å². The highest BCUT2D eigenvalue weighted by molar-refractivity contribution is 5.71. The van der Waals surface area contributed by atoms with Crippen molar-refractivity contribution in [3.05, 3.63) is 0 Å². The van der Waals surface area contributed by atoms with Crippen LogP contribution in [0.2, 0.25) is 0 Å². The molecule has 0 spiro atoms. The van der Waals surface area contributed by atoms with E-state index >= 15 is 0 Å². The summed E-state index contributed by atoms with van der Waals surface area (Å²) in [6.45, 7) is 13.7. The van der Waals surface area contributed by atoms with Crippen molar-refractivity contribution in [3.63, 3.8) is 0 Å². The minimum atomic E-state index is -0.762. The summed E-state index contributed by atoms with van der Waals surface area (Å²) < 4.78 is 16.7. The van der Waals surface area contributed by atoms with Gasteiger partial charge in [0.15, 0.2) is 6.10 Å². The smallest absolute Gasteiger partial charge is 0.306 e. The lowest BCUT2D eigenvalue weighted by molar-refractivity contribution is -0.167. The molecule has 0 aromatic heterocycles. The van der Waals surface area contributed by atoms with Crippen molar-refractivity contribution < 1.29 is 28.6 Å². The highest BCUT2D eigenvalue weighted by Crippen LogP contribution is 2.18. The molecular weight excluding hydrogens is 648 g/mol. The average Bonchev–Trinajstić information content (AvgIpc) is 3.14. The predicted octanol–water partition coefficient (Wildman–Crippen LogP) is 14.0. The molecule has 0 aliphatic heterocycles. The van der Waals surface area contributed by atoms with Gasteiger partial charge in [0.25, 0.3) is 0 Å². The van der Waals surface area contributed by atoms with E-state index in [1.807, 2.05) is 0 Å². The molecule has 6 nitrogen and oxygen atoms in total. The minimum absolute atomic E-state index is 0.0673. The first-order chi connectivity index (χ1) is 25.2. The van der Waals surface area contributed by atoms with Gasteiger partial charge in [-0.3, -0.25) is 14.4 Å². The second-order valence-corrected chi connectivity index (χ2v) is 16.4. The Labute approximate surface area is 323 Å². The third-order valence-electron chi connectivity index (χ3n) is 11.2. The van der Waals surface area contributed by atoms with Crippen molar-refractivity contribution in [3.8, 4) is 0 Å². The number of esters is 3. The normalized spacial score (nSPS) is 13.7. The van der Waals surface area contributed by atoms with Gasteiger partial charge in [0, 0.05) is 19.3 Å². The van der Waals surface area contributed by atoms with Crippen LogP contribution in [0.15, 0.2) is 0 Å². The van der Waals surface area contributed by atoms with Gasteiger partial charge in [-0.25, -0.2) is 0 Å². The van der Waals surface area contributed by atoms with E-state index in [-0.39, 0.29) is 31.1 Å². The Kier molecular flexibility index (Phi) is 36.6. The van der Waals surface area contributed by atoms with Crippen LogP contribution >= 0.6 is 0 Å². The van der Waals surface area contributed by atoms with Crippen LogP contribution in [0.3, 0.4) is 0 Å². The lowest BCUT2D eigenvalue weighted by atomic mass is 9.99. The zero-order valence-corrected chi connectivity index (χ0v) is 35.6. The molecule has 0 aromatic rings. The van der Waals surface area contributed by atoms with Crippen LogP contribution in [-0.2, 0) is 28.6 Å². The number of carbonyl (C=O) groups excluding carboxylic acids is 3. The number of ether oxygens (including phenoxy) is 3. The molecule has 0 N–H and O–H groups in total. The zero-order chi connectivity index (χ0) is 38.5. The van der Waals surface area contributed by atoms with E-state index in [1.165, 1.54) is 122 Å². The van der Waals surface area contributed by atoms with Crippen molar-refractivity contribution >= 4 is 17.9 Å². The monoisotopic (exact) mass is 737 g/mol. The molecular formula is C46H88O6. The van der Waals surface area contributed by atoms with Crippen molar-refractivity contribution in [2.24, 2.45) is 17.8 Å². The average molecular weight is 737 g/mol. The van der Waals surface area contributed by atoms with Crippen molar-refractivity contribution in [2.45, 2.75) is 247 Å². The highest BCUT2D eigenvalue weighted by atomic mass is 16.6. The number of hydrogen-bond donors (Lipinski definition) is 0. The third-order valence-corrected chi connectivity index (χ3v) is 11.2. The summed E-state index contributed by atoms with van der Waals surface area (Å²) in [5.74, 6) is 1.64. The fourth-order valence-electron chi connectivity index (χ4n) is 6.60. The summed E-state index contributed by atoms with van der Waals surface area (Å²) in [5, 5.41) is 0. The largest absolute Gasteiger partial charge is 0.462 e. The van der Waals surface area contributed by atoms with Crippen LogP contribution in [0, 0.1) is 17.8 Å². The second-order valence-electron chi connectivity index (χ2n) is 16.4. The molecule has 0 fully saturated rings. The number of hydrogen-bond acceptors (Lipinski definition) is 6. The van der Waals surface area contributed by atoms with Crippen molar-refractivity contribution in [1.82, 2.24) is 0 Å². The summed E-state index contributed by atoms with van der Waals surface area (Å²) in [5.41, 5.74) is 0. The summed E-state index contributed by atoms with van der Waals surface area (Å²) in [6, 6.07) is 0. The fraction of sp³-hybridized carbons (Fsp3) is 0.935. The Bertz CT molecular complexity index is 813. The summed E-state index contributed by atoms with van der Waals surface area (Å²) >= 11 is 0. The number of carbonyl (C=O) groups is 3. The first-order valence-corrected chi connectivity index (χ1v) is 22.7. The van der Waals surface area contributed by atoms with E-state index in [9.17, 15) is 14.4 Å². The van der Waals surface area contributed by atoms with E-state index < -0.39 is 6.10 Å². The molecule has 0 aliphatic carbocycles. The van der Waals surface area contributed by atoms with Gasteiger partial charge in [-0.15, -0.1) is 0 Å². The lowest BCUT2D eigenvalue weighted by Gasteiger charge is -2.18. The van der Waals surface area contributed by atoms with Crippen LogP contribution in [0.4, 0.5) is 0 Å². The summed E-state index contributed by atoms with van der Waals surface area (Å²) in [4.78, 5) is 37.7. The Hall–Kier alpha value is -1.59. The van der Waals surface area contributed by atoms with E-state index in [4.69, 9.17) is 14.2 Å². The SMILES string of the molecule is CCC(C)CCCCCCCCCCC(=O)OC[C@H](COC(=O)CCCCCCCCC(C)CC)OC(=O)CCCCCCCCCCC(C)CC. The number of rotatable bonds is 39. The molecule has 0 saturated carbocycles. The van der Waals surface area contributed by atoms with E-state index in [1.54, 1.807) is 0 Å². The Morgan fingerprint density at radius 1 is 0.365 bits per heavy atom. The maximum atomic E-state index is 12.7. The van der Waals surface area contributed by atoms with Crippen LogP contribution < -0.4 is 0 Å². The molecule has 3 unspecified atom stereocenters. The maximum absolute atomic E-state index is 12.7. The quantitative estimate of drug-likeness (QED) is 0.0355. The second kappa shape index (κ2) is 37.7. The van der Waals surface area contributed by atoms with Gasteiger partial charge >= 0.3 is 17.9 Å². The predicted molar refractivity (Wildman–Crippen MR) is 219 cm³/mol. The van der Waals surface area contributed by atoms with E-state index in [0.717, 1.165) is 75.5 Å².